The molecule has 0 bridgehead atoms. The van der Waals surface area contributed by atoms with Gasteiger partial charge in [0, 0.05) is 18.5 Å². The number of halogens is 2. The highest BCUT2D eigenvalue weighted by atomic mass is 35.5. The number of nitrogens with zero attached hydrogens (tertiary/aromatic N) is 1. The van der Waals surface area contributed by atoms with E-state index < -0.39 is 10.0 Å². The van der Waals surface area contributed by atoms with Gasteiger partial charge < -0.3 is 0 Å². The van der Waals surface area contributed by atoms with E-state index in [4.69, 9.17) is 23.2 Å². The van der Waals surface area contributed by atoms with Crippen LogP contribution >= 0.6 is 23.2 Å². The van der Waals surface area contributed by atoms with E-state index in [-0.39, 0.29) is 21.8 Å². The number of alkyl halides is 1. The maximum atomic E-state index is 12.5. The highest BCUT2D eigenvalue weighted by Crippen LogP contribution is 2.27. The summed E-state index contributed by atoms with van der Waals surface area (Å²) in [4.78, 5) is 0.123. The molecule has 0 aliphatic heterocycles. The predicted octanol–water partition coefficient (Wildman–Crippen LogP) is 3.50. The van der Waals surface area contributed by atoms with Crippen molar-refractivity contribution in [3.8, 4) is 0 Å². The van der Waals surface area contributed by atoms with Gasteiger partial charge in [0.05, 0.1) is 5.02 Å². The van der Waals surface area contributed by atoms with Crippen LogP contribution in [0.1, 0.15) is 26.3 Å². The van der Waals surface area contributed by atoms with Gasteiger partial charge in [0.2, 0.25) is 10.0 Å². The lowest BCUT2D eigenvalue weighted by molar-refractivity contribution is 0.369. The van der Waals surface area contributed by atoms with E-state index in [1.165, 1.54) is 10.4 Å². The summed E-state index contributed by atoms with van der Waals surface area (Å²) in [5, 5.41) is 0.225. The summed E-state index contributed by atoms with van der Waals surface area (Å²) in [6, 6.07) is 4.71. The van der Waals surface area contributed by atoms with Crippen LogP contribution in [0.3, 0.4) is 0 Å². The first kappa shape index (κ1) is 15.8. The highest BCUT2D eigenvalue weighted by Gasteiger charge is 2.27. The first-order valence-corrected chi connectivity index (χ1v) is 8.06. The quantitative estimate of drug-likeness (QED) is 0.781. The largest absolute Gasteiger partial charge is 0.244 e. The Bertz CT molecular complexity index is 515. The van der Waals surface area contributed by atoms with E-state index in [0.29, 0.717) is 6.54 Å². The van der Waals surface area contributed by atoms with Crippen LogP contribution in [0.2, 0.25) is 5.02 Å². The molecular weight excluding hydrogens is 293 g/mol. The SMILES string of the molecule is CCN(C(C)C)S(=O)(=O)c1cc(CCl)ccc1Cl. The minimum atomic E-state index is -3.57. The Hall–Kier alpha value is -0.290. The van der Waals surface area contributed by atoms with Gasteiger partial charge in [-0.15, -0.1) is 11.6 Å². The second-order valence-corrected chi connectivity index (χ2v) is 6.73. The monoisotopic (exact) mass is 309 g/mol. The maximum absolute atomic E-state index is 12.5. The summed E-state index contributed by atoms with van der Waals surface area (Å²) in [7, 11) is -3.57. The van der Waals surface area contributed by atoms with Gasteiger partial charge in [-0.1, -0.05) is 24.6 Å². The standard InChI is InChI=1S/C12H17Cl2NO2S/c1-4-15(9(2)3)18(16,17)12-7-10(8-13)5-6-11(12)14/h5-7,9H,4,8H2,1-3H3. The zero-order chi connectivity index (χ0) is 13.9. The molecule has 0 radical (unpaired) electrons. The summed E-state index contributed by atoms with van der Waals surface area (Å²) in [6.45, 7) is 5.87. The molecule has 0 fully saturated rings. The van der Waals surface area contributed by atoms with Crippen molar-refractivity contribution in [3.63, 3.8) is 0 Å². The third kappa shape index (κ3) is 3.18. The molecule has 1 aromatic rings. The lowest BCUT2D eigenvalue weighted by atomic mass is 10.2. The topological polar surface area (TPSA) is 37.4 Å². The molecule has 0 atom stereocenters. The minimum absolute atomic E-state index is 0.115. The second kappa shape index (κ2) is 6.24. The number of benzene rings is 1. The fourth-order valence-corrected chi connectivity index (χ4v) is 4.11. The molecule has 6 heteroatoms. The summed E-state index contributed by atoms with van der Waals surface area (Å²) in [6.07, 6.45) is 0. The Morgan fingerprint density at radius 3 is 2.39 bits per heavy atom. The zero-order valence-electron chi connectivity index (χ0n) is 10.7. The van der Waals surface area contributed by atoms with E-state index in [0.717, 1.165) is 5.56 Å². The van der Waals surface area contributed by atoms with Crippen molar-refractivity contribution in [2.24, 2.45) is 0 Å². The van der Waals surface area contributed by atoms with Crippen LogP contribution in [0.5, 0.6) is 0 Å². The van der Waals surface area contributed by atoms with Gasteiger partial charge in [-0.25, -0.2) is 8.42 Å². The van der Waals surface area contributed by atoms with Gasteiger partial charge in [0.1, 0.15) is 4.90 Å². The van der Waals surface area contributed by atoms with Crippen LogP contribution in [0.15, 0.2) is 23.1 Å². The molecule has 1 aromatic carbocycles. The summed E-state index contributed by atoms with van der Waals surface area (Å²) >= 11 is 11.7. The average Bonchev–Trinajstić information content (AvgIpc) is 2.29. The maximum Gasteiger partial charge on any atom is 0.244 e. The van der Waals surface area contributed by atoms with E-state index >= 15 is 0 Å². The molecule has 0 saturated carbocycles. The first-order chi connectivity index (χ1) is 8.34. The van der Waals surface area contributed by atoms with Crippen LogP contribution in [0.25, 0.3) is 0 Å². The third-order valence-electron chi connectivity index (χ3n) is 2.62. The van der Waals surface area contributed by atoms with Crippen molar-refractivity contribution in [3.05, 3.63) is 28.8 Å². The molecule has 0 heterocycles. The van der Waals surface area contributed by atoms with Gasteiger partial charge in [-0.05, 0) is 31.5 Å². The Morgan fingerprint density at radius 2 is 1.94 bits per heavy atom. The molecule has 1 rings (SSSR count). The highest BCUT2D eigenvalue weighted by molar-refractivity contribution is 7.89. The lowest BCUT2D eigenvalue weighted by Crippen LogP contribution is -2.36. The normalized spacial score (nSPS) is 12.4. The van der Waals surface area contributed by atoms with Crippen LogP contribution in [-0.4, -0.2) is 25.3 Å². The molecule has 0 amide bonds. The molecule has 0 aliphatic rings. The Kier molecular flexibility index (Phi) is 5.46. The van der Waals surface area contributed by atoms with Crippen LogP contribution in [0.4, 0.5) is 0 Å². The minimum Gasteiger partial charge on any atom is -0.207 e. The number of hydrogen-bond donors (Lipinski definition) is 0. The average molecular weight is 310 g/mol. The van der Waals surface area contributed by atoms with E-state index in [2.05, 4.69) is 0 Å². The molecule has 0 spiro atoms. The molecule has 102 valence electrons. The summed E-state index contributed by atoms with van der Waals surface area (Å²) in [5.74, 6) is 0.257. The molecule has 3 nitrogen and oxygen atoms in total. The van der Waals surface area contributed by atoms with Crippen molar-refractivity contribution in [2.75, 3.05) is 6.54 Å². The van der Waals surface area contributed by atoms with Crippen molar-refractivity contribution in [2.45, 2.75) is 37.6 Å². The van der Waals surface area contributed by atoms with Gasteiger partial charge in [-0.3, -0.25) is 0 Å². The zero-order valence-corrected chi connectivity index (χ0v) is 13.0. The fraction of sp³-hybridized carbons (Fsp3) is 0.500. The van der Waals surface area contributed by atoms with E-state index in [9.17, 15) is 8.42 Å². The smallest absolute Gasteiger partial charge is 0.207 e. The molecule has 0 unspecified atom stereocenters. The molecule has 18 heavy (non-hydrogen) atoms. The molecule has 0 aromatic heterocycles. The molecular formula is C12H17Cl2NO2S. The van der Waals surface area contributed by atoms with E-state index in [1.807, 2.05) is 13.8 Å². The molecule has 0 N–H and O–H groups in total. The molecule has 0 saturated heterocycles. The van der Waals surface area contributed by atoms with Crippen LogP contribution in [0, 0.1) is 0 Å². The number of hydrogen-bond acceptors (Lipinski definition) is 2. The Balaban J connectivity index is 3.35. The van der Waals surface area contributed by atoms with Gasteiger partial charge >= 0.3 is 0 Å². The predicted molar refractivity (Wildman–Crippen MR) is 75.7 cm³/mol. The number of rotatable bonds is 5. The lowest BCUT2D eigenvalue weighted by Gasteiger charge is -2.25. The van der Waals surface area contributed by atoms with Crippen molar-refractivity contribution in [1.29, 1.82) is 0 Å². The first-order valence-electron chi connectivity index (χ1n) is 5.70. The van der Waals surface area contributed by atoms with Gasteiger partial charge in [-0.2, -0.15) is 4.31 Å². The third-order valence-corrected chi connectivity index (χ3v) is 5.57. The van der Waals surface area contributed by atoms with Crippen molar-refractivity contribution < 1.29 is 8.42 Å². The van der Waals surface area contributed by atoms with E-state index in [1.54, 1.807) is 19.1 Å². The van der Waals surface area contributed by atoms with Crippen molar-refractivity contribution in [1.82, 2.24) is 4.31 Å². The molecule has 0 aliphatic carbocycles. The summed E-state index contributed by atoms with van der Waals surface area (Å²) in [5.41, 5.74) is 0.736. The summed E-state index contributed by atoms with van der Waals surface area (Å²) < 4.78 is 26.4. The van der Waals surface area contributed by atoms with Crippen molar-refractivity contribution >= 4 is 33.2 Å². The Labute approximate surface area is 119 Å². The van der Waals surface area contributed by atoms with Gasteiger partial charge in [0.25, 0.3) is 0 Å². The van der Waals surface area contributed by atoms with Crippen LogP contribution in [-0.2, 0) is 15.9 Å². The Morgan fingerprint density at radius 1 is 1.33 bits per heavy atom. The fourth-order valence-electron chi connectivity index (χ4n) is 1.77. The van der Waals surface area contributed by atoms with Gasteiger partial charge in [0.15, 0.2) is 0 Å². The number of sulfonamides is 1. The second-order valence-electron chi connectivity index (χ2n) is 4.20. The van der Waals surface area contributed by atoms with Crippen LogP contribution < -0.4 is 0 Å².